The zero-order valence-electron chi connectivity index (χ0n) is 12.1. The number of benzene rings is 1. The van der Waals surface area contributed by atoms with Crippen molar-refractivity contribution in [1.29, 1.82) is 0 Å². The highest BCUT2D eigenvalue weighted by atomic mass is 19.4. The van der Waals surface area contributed by atoms with Crippen LogP contribution in [0.5, 0.6) is 6.01 Å². The molecule has 0 N–H and O–H groups in total. The summed E-state index contributed by atoms with van der Waals surface area (Å²) >= 11 is 0. The molecule has 2 aromatic rings. The van der Waals surface area contributed by atoms with Crippen LogP contribution in [0, 0.1) is 0 Å². The molecule has 0 saturated carbocycles. The van der Waals surface area contributed by atoms with E-state index in [9.17, 15) is 23.1 Å². The van der Waals surface area contributed by atoms with Crippen molar-refractivity contribution in [2.24, 2.45) is 0 Å². The van der Waals surface area contributed by atoms with Crippen LogP contribution in [0.2, 0.25) is 0 Å². The van der Waals surface area contributed by atoms with Gasteiger partial charge in [0.05, 0.1) is 17.4 Å². The molecule has 5 nitrogen and oxygen atoms in total. The van der Waals surface area contributed by atoms with Gasteiger partial charge < -0.3 is 14.6 Å². The van der Waals surface area contributed by atoms with Crippen molar-refractivity contribution in [2.45, 2.75) is 19.5 Å². The highest BCUT2D eigenvalue weighted by Crippen LogP contribution is 2.26. The van der Waals surface area contributed by atoms with E-state index in [1.807, 2.05) is 0 Å². The van der Waals surface area contributed by atoms with Crippen molar-refractivity contribution >= 4 is 5.97 Å². The summed E-state index contributed by atoms with van der Waals surface area (Å²) in [4.78, 5) is 19.0. The monoisotopic (exact) mass is 325 g/mol. The summed E-state index contributed by atoms with van der Waals surface area (Å²) in [5.74, 6) is -1.50. The topological polar surface area (TPSA) is 75.1 Å². The molecule has 0 amide bonds. The van der Waals surface area contributed by atoms with Gasteiger partial charge in [0.1, 0.15) is 0 Å². The number of aryl methyl sites for hydroxylation is 1. The Bertz CT molecular complexity index is 703. The molecule has 0 unspecified atom stereocenters. The fraction of sp³-hybridized carbons (Fsp3) is 0.267. The molecule has 0 atom stereocenters. The summed E-state index contributed by atoms with van der Waals surface area (Å²) in [5, 5.41) is 11.4. The van der Waals surface area contributed by atoms with Crippen LogP contribution < -0.4 is 9.84 Å². The summed E-state index contributed by atoms with van der Waals surface area (Å²) < 4.78 is 41.4. The number of hydrogen-bond acceptors (Lipinski definition) is 5. The van der Waals surface area contributed by atoms with E-state index >= 15 is 0 Å². The molecule has 0 radical (unpaired) electrons. The van der Waals surface area contributed by atoms with Gasteiger partial charge in [0.2, 0.25) is 0 Å². The predicted octanol–water partition coefficient (Wildman–Crippen LogP) is 2.01. The number of carbonyl (C=O) groups excluding carboxylic acids is 1. The van der Waals surface area contributed by atoms with E-state index < -0.39 is 24.8 Å². The van der Waals surface area contributed by atoms with Gasteiger partial charge in [-0.25, -0.2) is 0 Å². The summed E-state index contributed by atoms with van der Waals surface area (Å²) in [6.45, 7) is 0.0616. The van der Waals surface area contributed by atoms with Crippen LogP contribution in [0.25, 0.3) is 11.3 Å². The molecule has 122 valence electrons. The Morgan fingerprint density at radius 3 is 2.39 bits per heavy atom. The van der Waals surface area contributed by atoms with Crippen LogP contribution in [0.4, 0.5) is 13.2 Å². The summed E-state index contributed by atoms with van der Waals surface area (Å²) in [6, 6.07) is 7.66. The maximum absolute atomic E-state index is 12.3. The van der Waals surface area contributed by atoms with E-state index in [-0.39, 0.29) is 23.4 Å². The second-order valence-corrected chi connectivity index (χ2v) is 4.59. The zero-order valence-corrected chi connectivity index (χ0v) is 12.1. The highest BCUT2D eigenvalue weighted by Gasteiger charge is 2.29. The molecule has 23 heavy (non-hydrogen) atoms. The largest absolute Gasteiger partial charge is 0.545 e. The first-order valence-electron chi connectivity index (χ1n) is 6.69. The van der Waals surface area contributed by atoms with Gasteiger partial charge in [-0.05, 0) is 6.42 Å². The first-order valence-corrected chi connectivity index (χ1v) is 6.69. The van der Waals surface area contributed by atoms with Crippen molar-refractivity contribution in [3.05, 3.63) is 41.6 Å². The van der Waals surface area contributed by atoms with E-state index in [0.29, 0.717) is 5.56 Å². The number of hydrogen-bond donors (Lipinski definition) is 0. The third-order valence-corrected chi connectivity index (χ3v) is 2.91. The maximum Gasteiger partial charge on any atom is 0.422 e. The van der Waals surface area contributed by atoms with Crippen LogP contribution in [-0.2, 0) is 6.42 Å². The Morgan fingerprint density at radius 2 is 1.87 bits per heavy atom. The van der Waals surface area contributed by atoms with E-state index in [1.54, 1.807) is 37.3 Å². The van der Waals surface area contributed by atoms with E-state index in [1.165, 1.54) is 0 Å². The molecule has 1 heterocycles. The van der Waals surface area contributed by atoms with Crippen LogP contribution >= 0.6 is 0 Å². The standard InChI is InChI=1S/C15H13F3N2O3/c1-2-10-11(13(21)22)12(9-6-4-3-5-7-9)20-14(19-10)23-8-15(16,17)18/h3-7H,2,8H2,1H3,(H,21,22)/p-1. The van der Waals surface area contributed by atoms with E-state index in [4.69, 9.17) is 0 Å². The Balaban J connectivity index is 2.54. The molecule has 2 rings (SSSR count). The van der Waals surface area contributed by atoms with Gasteiger partial charge >= 0.3 is 12.2 Å². The number of ether oxygens (including phenoxy) is 1. The number of rotatable bonds is 5. The lowest BCUT2D eigenvalue weighted by Gasteiger charge is -2.16. The average molecular weight is 325 g/mol. The van der Waals surface area contributed by atoms with E-state index in [2.05, 4.69) is 14.7 Å². The first kappa shape index (κ1) is 16.7. The molecule has 0 aliphatic heterocycles. The Hall–Kier alpha value is -2.64. The Morgan fingerprint density at radius 1 is 1.22 bits per heavy atom. The van der Waals surface area contributed by atoms with Crippen LogP contribution in [0.3, 0.4) is 0 Å². The minimum Gasteiger partial charge on any atom is -0.545 e. The molecular formula is C15H12F3N2O3-. The molecule has 0 spiro atoms. The molecular weight excluding hydrogens is 313 g/mol. The molecule has 1 aromatic heterocycles. The van der Waals surface area contributed by atoms with Crippen molar-refractivity contribution in [3.63, 3.8) is 0 Å². The third kappa shape index (κ3) is 4.18. The number of halogens is 3. The third-order valence-electron chi connectivity index (χ3n) is 2.91. The number of aromatic carboxylic acids is 1. The lowest BCUT2D eigenvalue weighted by atomic mass is 10.0. The Kier molecular flexibility index (Phi) is 4.83. The lowest BCUT2D eigenvalue weighted by molar-refractivity contribution is -0.255. The van der Waals surface area contributed by atoms with Gasteiger partial charge in [-0.1, -0.05) is 37.3 Å². The number of carboxylic acids is 1. The minimum absolute atomic E-state index is 0.0328. The number of alkyl halides is 3. The minimum atomic E-state index is -4.55. The van der Waals surface area contributed by atoms with Crippen molar-refractivity contribution in [2.75, 3.05) is 6.61 Å². The predicted molar refractivity (Wildman–Crippen MR) is 72.7 cm³/mol. The number of carbonyl (C=O) groups is 1. The van der Waals surface area contributed by atoms with Gasteiger partial charge in [0.25, 0.3) is 0 Å². The van der Waals surface area contributed by atoms with Crippen molar-refractivity contribution < 1.29 is 27.8 Å². The van der Waals surface area contributed by atoms with Crippen LogP contribution in [0.1, 0.15) is 23.0 Å². The van der Waals surface area contributed by atoms with Gasteiger partial charge in [-0.15, -0.1) is 0 Å². The van der Waals surface area contributed by atoms with Gasteiger partial charge in [-0.3, -0.25) is 0 Å². The van der Waals surface area contributed by atoms with Crippen molar-refractivity contribution in [3.8, 4) is 17.3 Å². The Labute approximate surface area is 129 Å². The van der Waals surface area contributed by atoms with Crippen molar-refractivity contribution in [1.82, 2.24) is 9.97 Å². The highest BCUT2D eigenvalue weighted by molar-refractivity contribution is 5.94. The molecule has 8 heteroatoms. The summed E-state index contributed by atoms with van der Waals surface area (Å²) in [6.07, 6.45) is -4.37. The number of nitrogens with zero attached hydrogens (tertiary/aromatic N) is 2. The molecule has 0 aliphatic rings. The fourth-order valence-corrected chi connectivity index (χ4v) is 1.97. The normalized spacial score (nSPS) is 11.3. The average Bonchev–Trinajstić information content (AvgIpc) is 2.51. The molecule has 1 aromatic carbocycles. The number of aromatic nitrogens is 2. The zero-order chi connectivity index (χ0) is 17.0. The maximum atomic E-state index is 12.3. The SMILES string of the molecule is CCc1nc(OCC(F)(F)F)nc(-c2ccccc2)c1C(=O)[O-]. The molecule has 0 bridgehead atoms. The fourth-order valence-electron chi connectivity index (χ4n) is 1.97. The van der Waals surface area contributed by atoms with Gasteiger partial charge in [0, 0.05) is 11.1 Å². The molecule has 0 saturated heterocycles. The lowest BCUT2D eigenvalue weighted by Crippen LogP contribution is -2.26. The van der Waals surface area contributed by atoms with Crippen LogP contribution in [-0.4, -0.2) is 28.7 Å². The summed E-state index contributed by atoms with van der Waals surface area (Å²) in [7, 11) is 0. The molecule has 0 aliphatic carbocycles. The first-order chi connectivity index (χ1) is 10.8. The van der Waals surface area contributed by atoms with Gasteiger partial charge in [-0.2, -0.15) is 23.1 Å². The van der Waals surface area contributed by atoms with Crippen LogP contribution in [0.15, 0.2) is 30.3 Å². The second-order valence-electron chi connectivity index (χ2n) is 4.59. The smallest absolute Gasteiger partial charge is 0.422 e. The quantitative estimate of drug-likeness (QED) is 0.840. The summed E-state index contributed by atoms with van der Waals surface area (Å²) in [5.41, 5.74) is 0.185. The van der Waals surface area contributed by atoms with Gasteiger partial charge in [0.15, 0.2) is 6.61 Å². The number of carboxylic acid groups (broad SMARTS) is 1. The molecule has 0 fully saturated rings. The second kappa shape index (κ2) is 6.64. The van der Waals surface area contributed by atoms with E-state index in [0.717, 1.165) is 0 Å².